The van der Waals surface area contributed by atoms with Crippen LogP contribution in [0.15, 0.2) is 218 Å². The van der Waals surface area contributed by atoms with E-state index in [9.17, 15) is 125 Å². The Morgan fingerprint density at radius 1 is 0.180 bits per heavy atom. The van der Waals surface area contributed by atoms with Crippen LogP contribution in [0.3, 0.4) is 0 Å². The number of carbonyl (C=O) groups excluding carboxylic acids is 4. The Morgan fingerprint density at radius 2 is 0.320 bits per heavy atom. The molecule has 0 aromatic heterocycles. The number of hydrogen-bond acceptors (Lipinski definition) is 4. The standard InChI is InChI=1S/C86H62F24N8O4/c1-77(2,3)49-39-67(43-11-19-59(20-12-43)111-73(119)115-63-31-51(79(87,88)89)27-52(32-63)80(90,91)92)71(68(40-49)44-13-21-60(22-14-44)112-74(120)116-64-33-53(81(93,94)95)28-54(34-64)82(96,97)98)47-7-9-48(10-8-47)72-69(45-15-23-61(24-16-45)113-75(121)117-65-35-55(83(99,100)101)29-56(36-65)84(102,103)104)41-50(78(4,5)6)42-70(72)46-17-25-62(26-18-46)114-76(122)118-66-37-57(85(105,106)107)30-58(38-66)86(108,109)110/h7-42H,1-6H3,(H2,111,115,119)(H2,112,116,120)(H2,113,117,121)(H2,114,118,122). The minimum atomic E-state index is -5.27. The molecule has 0 bridgehead atoms. The monoisotopic (exact) mass is 1730 g/mol. The molecule has 0 heterocycles. The number of anilines is 8. The molecule has 0 fully saturated rings. The number of halogens is 24. The van der Waals surface area contributed by atoms with Crippen LogP contribution in [0.5, 0.6) is 0 Å². The fourth-order valence-corrected chi connectivity index (χ4v) is 12.7. The van der Waals surface area contributed by atoms with Crippen LogP contribution in [0.25, 0.3) is 66.8 Å². The summed E-state index contributed by atoms with van der Waals surface area (Å²) < 4.78 is 332. The largest absolute Gasteiger partial charge is 0.416 e. The molecule has 8 amide bonds. The van der Waals surface area contributed by atoms with E-state index in [0.29, 0.717) is 126 Å². The minimum Gasteiger partial charge on any atom is -0.308 e. The van der Waals surface area contributed by atoms with Gasteiger partial charge in [-0.3, -0.25) is 0 Å². The van der Waals surface area contributed by atoms with E-state index in [-0.39, 0.29) is 47.0 Å². The molecule has 0 saturated heterocycles. The van der Waals surface area contributed by atoms with Crippen molar-refractivity contribution in [1.29, 1.82) is 0 Å². The van der Waals surface area contributed by atoms with Crippen LogP contribution in [-0.4, -0.2) is 24.1 Å². The van der Waals surface area contributed by atoms with Crippen molar-refractivity contribution < 1.29 is 125 Å². The van der Waals surface area contributed by atoms with Crippen LogP contribution in [-0.2, 0) is 60.2 Å². The van der Waals surface area contributed by atoms with Crippen LogP contribution >= 0.6 is 0 Å². The number of alkyl halides is 24. The zero-order valence-corrected chi connectivity index (χ0v) is 63.5. The summed E-state index contributed by atoms with van der Waals surface area (Å²) in [6.45, 7) is 11.2. The predicted octanol–water partition coefficient (Wildman–Crippen LogP) is 29.0. The van der Waals surface area contributed by atoms with Crippen molar-refractivity contribution >= 4 is 69.6 Å². The number of hydrogen-bond donors (Lipinski definition) is 8. The second-order valence-electron chi connectivity index (χ2n) is 29.8. The lowest BCUT2D eigenvalue weighted by Gasteiger charge is -2.26. The minimum absolute atomic E-state index is 0.0368. The number of nitrogens with one attached hydrogen (secondary N) is 8. The van der Waals surface area contributed by atoms with Gasteiger partial charge >= 0.3 is 73.5 Å². The molecule has 0 saturated carbocycles. The van der Waals surface area contributed by atoms with E-state index in [1.165, 1.54) is 97.1 Å². The maximum Gasteiger partial charge on any atom is 0.416 e. The fourth-order valence-electron chi connectivity index (χ4n) is 12.7. The maximum absolute atomic E-state index is 13.8. The highest BCUT2D eigenvalue weighted by Gasteiger charge is 2.42. The lowest BCUT2D eigenvalue weighted by atomic mass is 9.78. The molecule has 0 unspecified atom stereocenters. The third-order valence-corrected chi connectivity index (χ3v) is 18.7. The van der Waals surface area contributed by atoms with Crippen molar-refractivity contribution in [3.05, 3.63) is 274 Å². The highest BCUT2D eigenvalue weighted by molar-refractivity contribution is 6.05. The first kappa shape index (κ1) is 89.6. The van der Waals surface area contributed by atoms with Crippen LogP contribution in [0.1, 0.15) is 97.2 Å². The van der Waals surface area contributed by atoms with Crippen LogP contribution in [0, 0.1) is 0 Å². The van der Waals surface area contributed by atoms with E-state index in [0.717, 1.165) is 0 Å². The molecule has 11 rings (SSSR count). The third kappa shape index (κ3) is 22.1. The van der Waals surface area contributed by atoms with Crippen molar-refractivity contribution in [2.75, 3.05) is 42.5 Å². The quantitative estimate of drug-likeness (QED) is 0.0509. The van der Waals surface area contributed by atoms with Crippen molar-refractivity contribution in [3.63, 3.8) is 0 Å². The van der Waals surface area contributed by atoms with E-state index >= 15 is 0 Å². The lowest BCUT2D eigenvalue weighted by molar-refractivity contribution is -0.144. The molecule has 122 heavy (non-hydrogen) atoms. The van der Waals surface area contributed by atoms with Gasteiger partial charge in [-0.15, -0.1) is 0 Å². The van der Waals surface area contributed by atoms with Gasteiger partial charge in [0.25, 0.3) is 0 Å². The number of benzene rings is 11. The summed E-state index contributed by atoms with van der Waals surface area (Å²) in [4.78, 5) is 53.6. The normalized spacial score (nSPS) is 12.6. The smallest absolute Gasteiger partial charge is 0.308 e. The van der Waals surface area contributed by atoms with Crippen molar-refractivity contribution in [3.8, 4) is 66.8 Å². The summed E-state index contributed by atoms with van der Waals surface area (Å²) in [6, 6.07) is 33.8. The van der Waals surface area contributed by atoms with Crippen LogP contribution in [0.2, 0.25) is 0 Å². The number of rotatable bonds is 14. The SMILES string of the molecule is CC(C)(C)c1cc(-c2ccc(NC(=O)Nc3cc(C(F)(F)F)cc(C(F)(F)F)c3)cc2)c(-c2ccc(-c3c(-c4ccc(NC(=O)Nc5cc(C(F)(F)F)cc(C(F)(F)F)c5)cc4)cc(C(C)(C)C)cc3-c3ccc(NC(=O)Nc4cc(C(F)(F)F)cc(C(F)(F)F)c4)cc3)cc2)c(-c2ccc(NC(=O)Nc3cc(C(F)(F)F)cc(C(F)(F)F)c3)cc2)c1. The van der Waals surface area contributed by atoms with Gasteiger partial charge in [-0.25, -0.2) is 19.2 Å². The first-order valence-electron chi connectivity index (χ1n) is 35.7. The Labute approximate surface area is 676 Å². The molecule has 0 aliphatic carbocycles. The Hall–Kier alpha value is -13.2. The average Bonchev–Trinajstić information content (AvgIpc) is 0.749. The molecular formula is C86H62F24N8O4. The summed E-state index contributed by atoms with van der Waals surface area (Å²) in [6.07, 6.45) is -42.1. The lowest BCUT2D eigenvalue weighted by Crippen LogP contribution is -2.20. The summed E-state index contributed by atoms with van der Waals surface area (Å²) >= 11 is 0. The number of amides is 8. The van der Waals surface area contributed by atoms with Crippen LogP contribution in [0.4, 0.5) is 170 Å². The highest BCUT2D eigenvalue weighted by Crippen LogP contribution is 2.50. The molecule has 11 aromatic rings. The van der Waals surface area contributed by atoms with Gasteiger partial charge in [0.15, 0.2) is 0 Å². The number of urea groups is 4. The first-order valence-corrected chi connectivity index (χ1v) is 35.7. The predicted molar refractivity (Wildman–Crippen MR) is 413 cm³/mol. The van der Waals surface area contributed by atoms with Gasteiger partial charge in [0.2, 0.25) is 0 Å². The topological polar surface area (TPSA) is 165 Å². The maximum atomic E-state index is 13.8. The second kappa shape index (κ2) is 33.1. The van der Waals surface area contributed by atoms with E-state index in [4.69, 9.17) is 0 Å². The second-order valence-corrected chi connectivity index (χ2v) is 29.8. The molecule has 0 aliphatic heterocycles. The molecule has 0 atom stereocenters. The van der Waals surface area contributed by atoms with E-state index in [2.05, 4.69) is 21.3 Å². The van der Waals surface area contributed by atoms with Gasteiger partial charge < -0.3 is 42.5 Å². The zero-order valence-electron chi connectivity index (χ0n) is 63.5. The molecule has 8 N–H and O–H groups in total. The molecule has 36 heteroatoms. The van der Waals surface area contributed by atoms with Gasteiger partial charge in [-0.1, -0.05) is 114 Å². The van der Waals surface area contributed by atoms with Crippen molar-refractivity contribution in [2.45, 2.75) is 102 Å². The van der Waals surface area contributed by atoms with Gasteiger partial charge in [0.05, 0.1) is 44.5 Å². The Morgan fingerprint density at radius 3 is 0.459 bits per heavy atom. The first-order chi connectivity index (χ1) is 56.3. The van der Waals surface area contributed by atoms with Gasteiger partial charge in [0, 0.05) is 45.5 Å². The van der Waals surface area contributed by atoms with Crippen LogP contribution < -0.4 is 42.5 Å². The van der Waals surface area contributed by atoms with Gasteiger partial charge in [-0.05, 0) is 234 Å². The molecule has 12 nitrogen and oxygen atoms in total. The average molecular weight is 1730 g/mol. The summed E-state index contributed by atoms with van der Waals surface area (Å²) in [5, 5.41) is 17.5. The van der Waals surface area contributed by atoms with E-state index in [1.54, 1.807) is 24.3 Å². The van der Waals surface area contributed by atoms with Crippen molar-refractivity contribution in [2.24, 2.45) is 0 Å². The Kier molecular flexibility index (Phi) is 24.3. The Balaban J connectivity index is 1.03. The molecule has 11 aromatic carbocycles. The third-order valence-electron chi connectivity index (χ3n) is 18.7. The van der Waals surface area contributed by atoms with Crippen molar-refractivity contribution in [1.82, 2.24) is 0 Å². The van der Waals surface area contributed by atoms with E-state index < -0.39 is 152 Å². The number of carbonyl (C=O) groups is 4. The molecule has 0 spiro atoms. The molecule has 0 radical (unpaired) electrons. The fraction of sp³-hybridized carbons (Fsp3) is 0.186. The highest BCUT2D eigenvalue weighted by atomic mass is 19.4. The van der Waals surface area contributed by atoms with Gasteiger partial charge in [0.1, 0.15) is 0 Å². The zero-order chi connectivity index (χ0) is 89.7. The summed E-state index contributed by atoms with van der Waals surface area (Å²) in [7, 11) is 0. The molecule has 0 aliphatic rings. The van der Waals surface area contributed by atoms with Gasteiger partial charge in [-0.2, -0.15) is 105 Å². The van der Waals surface area contributed by atoms with E-state index in [1.807, 2.05) is 87.1 Å². The summed E-state index contributed by atoms with van der Waals surface area (Å²) in [5.74, 6) is 0. The molecular weight excluding hydrogens is 1660 g/mol. The Bertz CT molecular complexity index is 4990. The summed E-state index contributed by atoms with van der Waals surface area (Å²) in [5.41, 5.74) is -12.6. The molecule has 638 valence electrons.